The van der Waals surface area contributed by atoms with Crippen LogP contribution < -0.4 is 0 Å². The van der Waals surface area contributed by atoms with Gasteiger partial charge in [-0.15, -0.1) is 0 Å². The number of nitrogens with zero attached hydrogens (tertiary/aromatic N) is 1. The lowest BCUT2D eigenvalue weighted by Crippen LogP contribution is -2.61. The van der Waals surface area contributed by atoms with Crippen LogP contribution in [-0.4, -0.2) is 27.1 Å². The number of carbonyl (C=O) groups is 2. The number of amides is 1. The van der Waals surface area contributed by atoms with Gasteiger partial charge in [0.05, 0.1) is 0 Å². The van der Waals surface area contributed by atoms with Gasteiger partial charge in [-0.05, 0) is 39.3 Å². The van der Waals surface area contributed by atoms with E-state index in [1.54, 1.807) is 4.90 Å². The van der Waals surface area contributed by atoms with E-state index in [2.05, 4.69) is 0 Å². The highest BCUT2D eigenvalue weighted by Gasteiger charge is 2.46. The van der Waals surface area contributed by atoms with Gasteiger partial charge in [0.15, 0.2) is 0 Å². The monoisotopic (exact) mass is 217 g/mol. The Hall–Kier alpha value is -0.570. The van der Waals surface area contributed by atoms with Crippen molar-refractivity contribution in [2.24, 2.45) is 0 Å². The maximum Gasteiger partial charge on any atom is 0.317 e. The lowest BCUT2D eigenvalue weighted by Gasteiger charge is -2.50. The average Bonchev–Trinajstić information content (AvgIpc) is 1.75. The second kappa shape index (κ2) is 3.23. The van der Waals surface area contributed by atoms with Gasteiger partial charge in [-0.2, -0.15) is 0 Å². The molecule has 0 saturated carbocycles. The standard InChI is InChI=1S/C10H16ClNO2/c1-9(2)5-7(13)6-10(3,4)12(9)8(11)14/h5-6H2,1-4H3. The van der Waals surface area contributed by atoms with Gasteiger partial charge in [-0.25, -0.2) is 0 Å². The smallest absolute Gasteiger partial charge is 0.317 e. The predicted octanol–water partition coefficient (Wildman–Crippen LogP) is 2.57. The molecule has 0 aliphatic carbocycles. The Morgan fingerprint density at radius 1 is 1.21 bits per heavy atom. The van der Waals surface area contributed by atoms with Crippen molar-refractivity contribution in [3.8, 4) is 0 Å². The van der Waals surface area contributed by atoms with E-state index in [-0.39, 0.29) is 5.78 Å². The highest BCUT2D eigenvalue weighted by atomic mass is 35.5. The fourth-order valence-electron chi connectivity index (χ4n) is 2.48. The number of rotatable bonds is 0. The Kier molecular flexibility index (Phi) is 2.65. The van der Waals surface area contributed by atoms with Gasteiger partial charge in [0, 0.05) is 23.9 Å². The molecule has 0 aromatic rings. The molecule has 0 unspecified atom stereocenters. The molecule has 80 valence electrons. The normalized spacial score (nSPS) is 24.9. The van der Waals surface area contributed by atoms with Gasteiger partial charge >= 0.3 is 5.37 Å². The van der Waals surface area contributed by atoms with Gasteiger partial charge < -0.3 is 4.90 Å². The van der Waals surface area contributed by atoms with Crippen molar-refractivity contribution >= 4 is 22.8 Å². The van der Waals surface area contributed by atoms with Crippen molar-refractivity contribution in [3.05, 3.63) is 0 Å². The minimum atomic E-state index is -0.479. The molecule has 1 rings (SSSR count). The summed E-state index contributed by atoms with van der Waals surface area (Å²) in [4.78, 5) is 24.4. The minimum absolute atomic E-state index is 0.189. The Balaban J connectivity index is 3.09. The topological polar surface area (TPSA) is 37.4 Å². The molecule has 1 aliphatic rings. The third kappa shape index (κ3) is 1.92. The van der Waals surface area contributed by atoms with Crippen LogP contribution >= 0.6 is 11.6 Å². The second-order valence-electron chi connectivity index (χ2n) is 5.11. The largest absolute Gasteiger partial charge is 0.318 e. The molecule has 0 spiro atoms. The van der Waals surface area contributed by atoms with Gasteiger partial charge in [-0.1, -0.05) is 0 Å². The number of ketones is 1. The maximum absolute atomic E-state index is 11.5. The van der Waals surface area contributed by atoms with Gasteiger partial charge in [0.1, 0.15) is 5.78 Å². The summed E-state index contributed by atoms with van der Waals surface area (Å²) in [5.74, 6) is 0.189. The summed E-state index contributed by atoms with van der Waals surface area (Å²) in [5, 5.41) is -0.479. The summed E-state index contributed by atoms with van der Waals surface area (Å²) in [6.45, 7) is 7.47. The zero-order valence-corrected chi connectivity index (χ0v) is 9.81. The van der Waals surface area contributed by atoms with Crippen molar-refractivity contribution in [1.82, 2.24) is 4.90 Å². The van der Waals surface area contributed by atoms with E-state index in [0.717, 1.165) is 0 Å². The first-order valence-corrected chi connectivity index (χ1v) is 5.06. The molecule has 1 heterocycles. The van der Waals surface area contributed by atoms with E-state index >= 15 is 0 Å². The first-order valence-electron chi connectivity index (χ1n) is 4.68. The molecule has 3 nitrogen and oxygen atoms in total. The molecule has 0 N–H and O–H groups in total. The van der Waals surface area contributed by atoms with Crippen molar-refractivity contribution in [3.63, 3.8) is 0 Å². The number of hydrogen-bond donors (Lipinski definition) is 0. The molecule has 1 aliphatic heterocycles. The molecule has 0 aromatic heterocycles. The zero-order valence-electron chi connectivity index (χ0n) is 9.06. The SMILES string of the molecule is CC1(C)CC(=O)CC(C)(C)N1C(=O)Cl. The molecule has 0 radical (unpaired) electrons. The predicted molar refractivity (Wildman–Crippen MR) is 55.5 cm³/mol. The summed E-state index contributed by atoms with van der Waals surface area (Å²) in [6.07, 6.45) is 0.768. The fraction of sp³-hybridized carbons (Fsp3) is 0.800. The maximum atomic E-state index is 11.5. The lowest BCUT2D eigenvalue weighted by atomic mass is 9.80. The summed E-state index contributed by atoms with van der Waals surface area (Å²) in [6, 6.07) is 0. The number of Topliss-reactive ketones (excluding diaryl/α,β-unsaturated/α-hetero) is 1. The molecule has 0 atom stereocenters. The van der Waals surface area contributed by atoms with Gasteiger partial charge in [0.25, 0.3) is 0 Å². The molecular weight excluding hydrogens is 202 g/mol. The van der Waals surface area contributed by atoms with Crippen LogP contribution in [0.25, 0.3) is 0 Å². The van der Waals surface area contributed by atoms with E-state index in [0.29, 0.717) is 12.8 Å². The molecule has 1 saturated heterocycles. The number of hydrogen-bond acceptors (Lipinski definition) is 2. The van der Waals surface area contributed by atoms with E-state index in [9.17, 15) is 9.59 Å². The van der Waals surface area contributed by atoms with Crippen LogP contribution in [0.3, 0.4) is 0 Å². The van der Waals surface area contributed by atoms with E-state index in [4.69, 9.17) is 11.6 Å². The van der Waals surface area contributed by atoms with Crippen LogP contribution in [0, 0.1) is 0 Å². The Morgan fingerprint density at radius 3 is 1.86 bits per heavy atom. The first kappa shape index (κ1) is 11.5. The Morgan fingerprint density at radius 2 is 1.57 bits per heavy atom. The van der Waals surface area contributed by atoms with Gasteiger partial charge in [0.2, 0.25) is 0 Å². The van der Waals surface area contributed by atoms with Crippen LogP contribution in [0.5, 0.6) is 0 Å². The van der Waals surface area contributed by atoms with Gasteiger partial charge in [-0.3, -0.25) is 9.59 Å². The molecule has 0 aromatic carbocycles. The molecule has 0 bridgehead atoms. The average molecular weight is 218 g/mol. The lowest BCUT2D eigenvalue weighted by molar-refractivity contribution is -0.129. The van der Waals surface area contributed by atoms with Crippen LogP contribution in [0.2, 0.25) is 0 Å². The van der Waals surface area contributed by atoms with Crippen molar-refractivity contribution < 1.29 is 9.59 Å². The molecule has 4 heteroatoms. The third-order valence-electron chi connectivity index (χ3n) is 2.65. The van der Waals surface area contributed by atoms with Crippen LogP contribution in [-0.2, 0) is 4.79 Å². The Bertz CT molecular complexity index is 264. The van der Waals surface area contributed by atoms with Crippen molar-refractivity contribution in [2.75, 3.05) is 0 Å². The van der Waals surface area contributed by atoms with Crippen molar-refractivity contribution in [2.45, 2.75) is 51.6 Å². The zero-order chi connectivity index (χ0) is 11.1. The van der Waals surface area contributed by atoms with Crippen LogP contribution in [0.4, 0.5) is 4.79 Å². The molecule has 14 heavy (non-hydrogen) atoms. The van der Waals surface area contributed by atoms with Crippen molar-refractivity contribution in [1.29, 1.82) is 0 Å². The molecule has 1 amide bonds. The summed E-state index contributed by atoms with van der Waals surface area (Å²) in [5.41, 5.74) is -0.949. The summed E-state index contributed by atoms with van der Waals surface area (Å²) in [7, 11) is 0. The quantitative estimate of drug-likeness (QED) is 0.462. The highest BCUT2D eigenvalue weighted by molar-refractivity contribution is 6.63. The van der Waals surface area contributed by atoms with Crippen LogP contribution in [0.15, 0.2) is 0 Å². The van der Waals surface area contributed by atoms with Crippen LogP contribution in [0.1, 0.15) is 40.5 Å². The number of carbonyl (C=O) groups excluding carboxylic acids is 2. The van der Waals surface area contributed by atoms with E-state index in [1.165, 1.54) is 0 Å². The number of halogens is 1. The first-order chi connectivity index (χ1) is 6.17. The summed E-state index contributed by atoms with van der Waals surface area (Å²) < 4.78 is 0. The minimum Gasteiger partial charge on any atom is -0.318 e. The van der Waals surface area contributed by atoms with E-state index < -0.39 is 16.4 Å². The number of likely N-dealkylation sites (tertiary alicyclic amines) is 1. The second-order valence-corrected chi connectivity index (χ2v) is 5.43. The number of piperidine rings is 1. The molecule has 1 fully saturated rings. The Labute approximate surface area is 89.4 Å². The third-order valence-corrected chi connectivity index (χ3v) is 2.82. The summed E-state index contributed by atoms with van der Waals surface area (Å²) >= 11 is 5.55. The van der Waals surface area contributed by atoms with E-state index in [1.807, 2.05) is 27.7 Å². The fourth-order valence-corrected chi connectivity index (χ4v) is 2.94. The molecular formula is C10H16ClNO2. The highest BCUT2D eigenvalue weighted by Crippen LogP contribution is 2.37.